The molecule has 3 heteroatoms. The van der Waals surface area contributed by atoms with Gasteiger partial charge in [-0.25, -0.2) is 0 Å². The molecular weight excluding hydrogens is 222 g/mol. The molecular formula is C13H18ClNO. The van der Waals surface area contributed by atoms with E-state index in [1.165, 1.54) is 19.3 Å². The number of hydrogen-bond acceptors (Lipinski definition) is 2. The Kier molecular flexibility index (Phi) is 3.72. The predicted molar refractivity (Wildman–Crippen MR) is 68.0 cm³/mol. The predicted octanol–water partition coefficient (Wildman–Crippen LogP) is 3.07. The third-order valence-corrected chi connectivity index (χ3v) is 3.67. The minimum absolute atomic E-state index is 0.0480. The molecule has 0 radical (unpaired) electrons. The number of nitrogens with zero attached hydrogens (tertiary/aromatic N) is 1. The van der Waals surface area contributed by atoms with Crippen molar-refractivity contribution in [2.75, 3.05) is 18.5 Å². The molecule has 1 fully saturated rings. The average molecular weight is 240 g/mol. The first-order valence-electron chi connectivity index (χ1n) is 5.81. The smallest absolute Gasteiger partial charge is 0.0682 e. The van der Waals surface area contributed by atoms with Gasteiger partial charge in [0.05, 0.1) is 17.3 Å². The van der Waals surface area contributed by atoms with E-state index in [0.29, 0.717) is 0 Å². The lowest BCUT2D eigenvalue weighted by Crippen LogP contribution is -2.29. The van der Waals surface area contributed by atoms with Gasteiger partial charge in [-0.1, -0.05) is 24.1 Å². The Bertz CT molecular complexity index is 363. The van der Waals surface area contributed by atoms with Crippen molar-refractivity contribution in [1.82, 2.24) is 0 Å². The van der Waals surface area contributed by atoms with E-state index in [2.05, 4.69) is 11.9 Å². The van der Waals surface area contributed by atoms with Crippen molar-refractivity contribution in [1.29, 1.82) is 0 Å². The lowest BCUT2D eigenvalue weighted by molar-refractivity contribution is 0.282. The number of benzene rings is 1. The highest BCUT2D eigenvalue weighted by Crippen LogP contribution is 2.31. The number of aliphatic hydroxyl groups is 1. The Morgan fingerprint density at radius 1 is 1.44 bits per heavy atom. The van der Waals surface area contributed by atoms with E-state index in [-0.39, 0.29) is 6.61 Å². The van der Waals surface area contributed by atoms with E-state index in [4.69, 9.17) is 16.7 Å². The van der Waals surface area contributed by atoms with E-state index < -0.39 is 0 Å². The van der Waals surface area contributed by atoms with Crippen LogP contribution in [0.5, 0.6) is 0 Å². The lowest BCUT2D eigenvalue weighted by Gasteiger charge is -2.31. The summed E-state index contributed by atoms with van der Waals surface area (Å²) in [5, 5.41) is 9.74. The maximum atomic E-state index is 9.01. The first kappa shape index (κ1) is 11.7. The molecule has 0 unspecified atom stereocenters. The zero-order valence-corrected chi connectivity index (χ0v) is 10.4. The molecule has 1 aliphatic rings. The van der Waals surface area contributed by atoms with Gasteiger partial charge in [0.2, 0.25) is 0 Å². The zero-order chi connectivity index (χ0) is 11.5. The first-order valence-corrected chi connectivity index (χ1v) is 6.19. The van der Waals surface area contributed by atoms with Crippen LogP contribution in [-0.2, 0) is 6.61 Å². The summed E-state index contributed by atoms with van der Waals surface area (Å²) in [5.41, 5.74) is 1.93. The maximum Gasteiger partial charge on any atom is 0.0682 e. The standard InChI is InChI=1S/C13H18ClNO/c1-15(8-10-3-2-4-10)13-6-5-11(9-16)7-12(13)14/h5-7,10,16H,2-4,8-9H2,1H3. The van der Waals surface area contributed by atoms with E-state index in [9.17, 15) is 0 Å². The molecule has 0 amide bonds. The molecule has 0 aliphatic heterocycles. The summed E-state index contributed by atoms with van der Waals surface area (Å²) in [5.74, 6) is 0.832. The summed E-state index contributed by atoms with van der Waals surface area (Å²) in [7, 11) is 2.08. The second-order valence-corrected chi connectivity index (χ2v) is 5.03. The molecule has 1 N–H and O–H groups in total. The van der Waals surface area contributed by atoms with Crippen LogP contribution in [0.3, 0.4) is 0 Å². The van der Waals surface area contributed by atoms with E-state index >= 15 is 0 Å². The summed E-state index contributed by atoms with van der Waals surface area (Å²) >= 11 is 6.19. The van der Waals surface area contributed by atoms with Crippen LogP contribution in [0.2, 0.25) is 5.02 Å². The van der Waals surface area contributed by atoms with Crippen LogP contribution in [0.25, 0.3) is 0 Å². The van der Waals surface area contributed by atoms with Crippen LogP contribution in [0, 0.1) is 5.92 Å². The van der Waals surface area contributed by atoms with E-state index in [0.717, 1.165) is 28.7 Å². The van der Waals surface area contributed by atoms with Crippen LogP contribution in [-0.4, -0.2) is 18.7 Å². The zero-order valence-electron chi connectivity index (χ0n) is 9.62. The van der Waals surface area contributed by atoms with Crippen molar-refractivity contribution in [3.8, 4) is 0 Å². The molecule has 0 spiro atoms. The van der Waals surface area contributed by atoms with Gasteiger partial charge in [0, 0.05) is 13.6 Å². The third-order valence-electron chi connectivity index (χ3n) is 3.36. The third kappa shape index (κ3) is 2.50. The Morgan fingerprint density at radius 3 is 2.69 bits per heavy atom. The molecule has 2 rings (SSSR count). The highest BCUT2D eigenvalue weighted by Gasteiger charge is 2.20. The number of anilines is 1. The van der Waals surface area contributed by atoms with Gasteiger partial charge in [-0.2, -0.15) is 0 Å². The van der Waals surface area contributed by atoms with Crippen molar-refractivity contribution in [3.63, 3.8) is 0 Å². The molecule has 0 saturated heterocycles. The summed E-state index contributed by atoms with van der Waals surface area (Å²) in [6.45, 7) is 1.13. The fraction of sp³-hybridized carbons (Fsp3) is 0.538. The van der Waals surface area contributed by atoms with Crippen molar-refractivity contribution in [2.45, 2.75) is 25.9 Å². The molecule has 16 heavy (non-hydrogen) atoms. The lowest BCUT2D eigenvalue weighted by atomic mass is 9.85. The van der Waals surface area contributed by atoms with Crippen LogP contribution in [0.1, 0.15) is 24.8 Å². The molecule has 0 aromatic heterocycles. The second-order valence-electron chi connectivity index (χ2n) is 4.62. The molecule has 2 nitrogen and oxygen atoms in total. The quantitative estimate of drug-likeness (QED) is 0.873. The highest BCUT2D eigenvalue weighted by atomic mass is 35.5. The molecule has 1 saturated carbocycles. The summed E-state index contributed by atoms with van der Waals surface area (Å²) < 4.78 is 0. The Hall–Kier alpha value is -0.730. The van der Waals surface area contributed by atoms with Gasteiger partial charge in [-0.15, -0.1) is 0 Å². The highest BCUT2D eigenvalue weighted by molar-refractivity contribution is 6.33. The Balaban J connectivity index is 2.06. The molecule has 1 aromatic carbocycles. The van der Waals surface area contributed by atoms with Gasteiger partial charge >= 0.3 is 0 Å². The van der Waals surface area contributed by atoms with Crippen molar-refractivity contribution >= 4 is 17.3 Å². The van der Waals surface area contributed by atoms with Gasteiger partial charge in [0.15, 0.2) is 0 Å². The largest absolute Gasteiger partial charge is 0.392 e. The van der Waals surface area contributed by atoms with E-state index in [1.807, 2.05) is 18.2 Å². The van der Waals surface area contributed by atoms with Gasteiger partial charge in [-0.05, 0) is 36.5 Å². The van der Waals surface area contributed by atoms with Crippen LogP contribution in [0.4, 0.5) is 5.69 Å². The molecule has 0 atom stereocenters. The average Bonchev–Trinajstić information content (AvgIpc) is 2.23. The van der Waals surface area contributed by atoms with Crippen LogP contribution < -0.4 is 4.90 Å². The number of hydrogen-bond donors (Lipinski definition) is 1. The second kappa shape index (κ2) is 5.07. The summed E-state index contributed by atoms with van der Waals surface area (Å²) in [6, 6.07) is 5.76. The van der Waals surface area contributed by atoms with Crippen molar-refractivity contribution in [2.24, 2.45) is 5.92 Å². The minimum atomic E-state index is 0.0480. The molecule has 88 valence electrons. The van der Waals surface area contributed by atoms with Gasteiger partial charge in [0.25, 0.3) is 0 Å². The molecule has 0 heterocycles. The fourth-order valence-electron chi connectivity index (χ4n) is 2.12. The number of halogens is 1. The molecule has 0 bridgehead atoms. The van der Waals surface area contributed by atoms with Gasteiger partial charge < -0.3 is 10.0 Å². The van der Waals surface area contributed by atoms with E-state index in [1.54, 1.807) is 0 Å². The van der Waals surface area contributed by atoms with Crippen molar-refractivity contribution < 1.29 is 5.11 Å². The Labute approximate surface area is 102 Å². The van der Waals surface area contributed by atoms with Crippen LogP contribution in [0.15, 0.2) is 18.2 Å². The van der Waals surface area contributed by atoms with Crippen molar-refractivity contribution in [3.05, 3.63) is 28.8 Å². The Morgan fingerprint density at radius 2 is 2.19 bits per heavy atom. The topological polar surface area (TPSA) is 23.5 Å². The minimum Gasteiger partial charge on any atom is -0.392 e. The summed E-state index contributed by atoms with van der Waals surface area (Å²) in [4.78, 5) is 2.22. The molecule has 1 aromatic rings. The SMILES string of the molecule is CN(CC1CCC1)c1ccc(CO)cc1Cl. The molecule has 1 aliphatic carbocycles. The number of aliphatic hydroxyl groups excluding tert-OH is 1. The van der Waals surface area contributed by atoms with Crippen LogP contribution >= 0.6 is 11.6 Å². The number of rotatable bonds is 4. The fourth-order valence-corrected chi connectivity index (χ4v) is 2.47. The first-order chi connectivity index (χ1) is 7.70. The monoisotopic (exact) mass is 239 g/mol. The van der Waals surface area contributed by atoms with Gasteiger partial charge in [-0.3, -0.25) is 0 Å². The normalized spacial score (nSPS) is 15.9. The summed E-state index contributed by atoms with van der Waals surface area (Å²) in [6.07, 6.45) is 4.06. The van der Waals surface area contributed by atoms with Gasteiger partial charge in [0.1, 0.15) is 0 Å². The maximum absolute atomic E-state index is 9.01.